The lowest BCUT2D eigenvalue weighted by atomic mass is 10.2. The molecule has 2 aromatic rings. The number of imidazole rings is 1. The Morgan fingerprint density at radius 2 is 2.19 bits per heavy atom. The molecule has 112 valence electrons. The van der Waals surface area contributed by atoms with Crippen molar-refractivity contribution in [1.29, 1.82) is 0 Å². The lowest BCUT2D eigenvalue weighted by Gasteiger charge is -2.19. The van der Waals surface area contributed by atoms with Crippen LogP contribution >= 0.6 is 0 Å². The first-order valence-electron chi connectivity index (χ1n) is 5.85. The molecule has 1 heterocycles. The standard InChI is InChI=1S/C12H11F3N4O2/c1-17(7-11-16-4-5-18(11)12(14)15)10-6-8(13)2-3-9(10)19(20)21/h2-6,12H,7H2,1H3. The van der Waals surface area contributed by atoms with Gasteiger partial charge in [0.25, 0.3) is 5.69 Å². The van der Waals surface area contributed by atoms with E-state index in [0.717, 1.165) is 24.4 Å². The van der Waals surface area contributed by atoms with Gasteiger partial charge in [-0.1, -0.05) is 0 Å². The number of hydrogen-bond donors (Lipinski definition) is 0. The number of hydrogen-bond acceptors (Lipinski definition) is 4. The minimum absolute atomic E-state index is 0.0104. The Kier molecular flexibility index (Phi) is 4.10. The van der Waals surface area contributed by atoms with E-state index in [2.05, 4.69) is 4.98 Å². The van der Waals surface area contributed by atoms with Crippen molar-refractivity contribution in [1.82, 2.24) is 9.55 Å². The van der Waals surface area contributed by atoms with E-state index in [9.17, 15) is 23.3 Å². The molecule has 9 heteroatoms. The molecule has 0 atom stereocenters. The van der Waals surface area contributed by atoms with Crippen LogP contribution in [0.5, 0.6) is 0 Å². The van der Waals surface area contributed by atoms with Gasteiger partial charge < -0.3 is 4.90 Å². The number of alkyl halides is 2. The zero-order valence-corrected chi connectivity index (χ0v) is 10.9. The van der Waals surface area contributed by atoms with Gasteiger partial charge in [-0.05, 0) is 6.07 Å². The third-order valence-corrected chi connectivity index (χ3v) is 2.88. The highest BCUT2D eigenvalue weighted by Crippen LogP contribution is 2.29. The zero-order chi connectivity index (χ0) is 15.6. The zero-order valence-electron chi connectivity index (χ0n) is 10.9. The molecule has 0 aliphatic rings. The van der Waals surface area contributed by atoms with Gasteiger partial charge in [0.1, 0.15) is 17.3 Å². The van der Waals surface area contributed by atoms with Gasteiger partial charge in [-0.25, -0.2) is 9.37 Å². The summed E-state index contributed by atoms with van der Waals surface area (Å²) < 4.78 is 39.4. The van der Waals surface area contributed by atoms with Crippen LogP contribution in [0, 0.1) is 15.9 Å². The monoisotopic (exact) mass is 300 g/mol. The first-order valence-corrected chi connectivity index (χ1v) is 5.85. The number of rotatable bonds is 5. The number of halogens is 3. The van der Waals surface area contributed by atoms with Crippen LogP contribution in [0.3, 0.4) is 0 Å². The van der Waals surface area contributed by atoms with Gasteiger partial charge in [0.2, 0.25) is 0 Å². The molecule has 0 fully saturated rings. The quantitative estimate of drug-likeness (QED) is 0.629. The van der Waals surface area contributed by atoms with Crippen LogP contribution in [0.25, 0.3) is 0 Å². The molecule has 2 rings (SSSR count). The molecule has 21 heavy (non-hydrogen) atoms. The fraction of sp³-hybridized carbons (Fsp3) is 0.250. The normalized spacial score (nSPS) is 10.9. The van der Waals surface area contributed by atoms with Gasteiger partial charge in [0.05, 0.1) is 11.5 Å². The van der Waals surface area contributed by atoms with Gasteiger partial charge in [-0.3, -0.25) is 14.7 Å². The maximum atomic E-state index is 13.3. The van der Waals surface area contributed by atoms with E-state index in [0.29, 0.717) is 4.57 Å². The van der Waals surface area contributed by atoms with E-state index in [1.165, 1.54) is 18.1 Å². The van der Waals surface area contributed by atoms with Crippen LogP contribution in [0.15, 0.2) is 30.6 Å². The summed E-state index contributed by atoms with van der Waals surface area (Å²) in [6.07, 6.45) is 2.31. The smallest absolute Gasteiger partial charge is 0.319 e. The highest BCUT2D eigenvalue weighted by Gasteiger charge is 2.20. The fourth-order valence-electron chi connectivity index (χ4n) is 1.90. The average molecular weight is 300 g/mol. The summed E-state index contributed by atoms with van der Waals surface area (Å²) in [5.74, 6) is -0.634. The summed E-state index contributed by atoms with van der Waals surface area (Å²) in [6, 6.07) is 2.98. The van der Waals surface area contributed by atoms with Gasteiger partial charge in [-0.2, -0.15) is 8.78 Å². The van der Waals surface area contributed by atoms with Crippen LogP contribution in [0.4, 0.5) is 24.5 Å². The van der Waals surface area contributed by atoms with Crippen molar-refractivity contribution < 1.29 is 18.1 Å². The molecule has 0 saturated heterocycles. The number of aromatic nitrogens is 2. The van der Waals surface area contributed by atoms with Crippen molar-refractivity contribution in [3.05, 3.63) is 52.3 Å². The van der Waals surface area contributed by atoms with Crippen LogP contribution in [0.2, 0.25) is 0 Å². The Morgan fingerprint density at radius 3 is 2.81 bits per heavy atom. The molecule has 1 aromatic heterocycles. The van der Waals surface area contributed by atoms with E-state index in [1.807, 2.05) is 0 Å². The average Bonchev–Trinajstić information content (AvgIpc) is 2.86. The van der Waals surface area contributed by atoms with E-state index in [4.69, 9.17) is 0 Å². The lowest BCUT2D eigenvalue weighted by Crippen LogP contribution is -2.21. The van der Waals surface area contributed by atoms with Crippen molar-refractivity contribution in [2.24, 2.45) is 0 Å². The third-order valence-electron chi connectivity index (χ3n) is 2.88. The van der Waals surface area contributed by atoms with Gasteiger partial charge in [-0.15, -0.1) is 0 Å². The summed E-state index contributed by atoms with van der Waals surface area (Å²) in [5, 5.41) is 10.9. The van der Waals surface area contributed by atoms with E-state index in [-0.39, 0.29) is 23.7 Å². The molecule has 0 N–H and O–H groups in total. The fourth-order valence-corrected chi connectivity index (χ4v) is 1.90. The first kappa shape index (κ1) is 14.8. The first-order chi connectivity index (χ1) is 9.90. The van der Waals surface area contributed by atoms with Crippen molar-refractivity contribution in [2.45, 2.75) is 13.1 Å². The maximum Gasteiger partial charge on any atom is 0.319 e. The summed E-state index contributed by atoms with van der Waals surface area (Å²) in [6.45, 7) is -2.89. The van der Waals surface area contributed by atoms with E-state index < -0.39 is 17.3 Å². The number of nitro groups is 1. The van der Waals surface area contributed by atoms with Gasteiger partial charge in [0.15, 0.2) is 0 Å². The Morgan fingerprint density at radius 1 is 1.48 bits per heavy atom. The third kappa shape index (κ3) is 3.12. The summed E-state index contributed by atoms with van der Waals surface area (Å²) in [7, 11) is 1.44. The van der Waals surface area contributed by atoms with Gasteiger partial charge >= 0.3 is 6.55 Å². The molecule has 0 aliphatic heterocycles. The number of benzene rings is 1. The molecule has 0 aliphatic carbocycles. The Hall–Kier alpha value is -2.58. The summed E-state index contributed by atoms with van der Waals surface area (Å²) in [4.78, 5) is 15.3. The van der Waals surface area contributed by atoms with Gasteiger partial charge in [0, 0.05) is 31.6 Å². The second-order valence-corrected chi connectivity index (χ2v) is 4.27. The van der Waals surface area contributed by atoms with Crippen LogP contribution in [0.1, 0.15) is 12.4 Å². The number of nitrogens with zero attached hydrogens (tertiary/aromatic N) is 4. The van der Waals surface area contributed by atoms with Crippen molar-refractivity contribution in [3.8, 4) is 0 Å². The highest BCUT2D eigenvalue weighted by atomic mass is 19.3. The lowest BCUT2D eigenvalue weighted by molar-refractivity contribution is -0.384. The SMILES string of the molecule is CN(Cc1nccn1C(F)F)c1cc(F)ccc1[N+](=O)[O-]. The Balaban J connectivity index is 2.32. The minimum Gasteiger partial charge on any atom is -0.361 e. The second-order valence-electron chi connectivity index (χ2n) is 4.27. The predicted molar refractivity (Wildman–Crippen MR) is 68.6 cm³/mol. The second kappa shape index (κ2) is 5.81. The molecule has 0 radical (unpaired) electrons. The highest BCUT2D eigenvalue weighted by molar-refractivity contribution is 5.62. The predicted octanol–water partition coefficient (Wildman–Crippen LogP) is 2.96. The summed E-state index contributed by atoms with van der Waals surface area (Å²) in [5.41, 5.74) is -0.321. The molecule has 0 bridgehead atoms. The van der Waals surface area contributed by atoms with Crippen LogP contribution < -0.4 is 4.90 Å². The number of nitro benzene ring substituents is 1. The Labute approximate surface area is 117 Å². The van der Waals surface area contributed by atoms with Crippen molar-refractivity contribution in [3.63, 3.8) is 0 Å². The topological polar surface area (TPSA) is 64.2 Å². The molecule has 0 unspecified atom stereocenters. The molecular formula is C12H11F3N4O2. The Bertz CT molecular complexity index is 660. The van der Waals surface area contributed by atoms with E-state index >= 15 is 0 Å². The van der Waals surface area contributed by atoms with Crippen molar-refractivity contribution in [2.75, 3.05) is 11.9 Å². The summed E-state index contributed by atoms with van der Waals surface area (Å²) >= 11 is 0. The molecule has 0 spiro atoms. The minimum atomic E-state index is -2.77. The molecule has 1 aromatic carbocycles. The number of anilines is 1. The van der Waals surface area contributed by atoms with Crippen LogP contribution in [-0.4, -0.2) is 21.5 Å². The molecule has 0 amide bonds. The van der Waals surface area contributed by atoms with Crippen molar-refractivity contribution >= 4 is 11.4 Å². The molecular weight excluding hydrogens is 289 g/mol. The van der Waals surface area contributed by atoms with E-state index in [1.54, 1.807) is 0 Å². The largest absolute Gasteiger partial charge is 0.361 e. The molecule has 6 nitrogen and oxygen atoms in total. The van der Waals surface area contributed by atoms with Crippen LogP contribution in [-0.2, 0) is 6.54 Å². The maximum absolute atomic E-state index is 13.3. The molecule has 0 saturated carbocycles.